The Bertz CT molecular complexity index is 972. The van der Waals surface area contributed by atoms with Crippen LogP contribution in [0.25, 0.3) is 11.1 Å². The number of carbonyl (C=O) groups is 1. The molecule has 0 aliphatic carbocycles. The Morgan fingerprint density at radius 2 is 1.88 bits per heavy atom. The first kappa shape index (κ1) is 16.5. The number of carbonyl (C=O) groups excluding carboxylic acids is 1. The number of anilines is 1. The van der Waals surface area contributed by atoms with Gasteiger partial charge in [0.25, 0.3) is 5.91 Å². The molecule has 0 radical (unpaired) electrons. The number of hydrogen-bond acceptors (Lipinski definition) is 3. The zero-order chi connectivity index (χ0) is 18.5. The van der Waals surface area contributed by atoms with Gasteiger partial charge in [0.15, 0.2) is 0 Å². The van der Waals surface area contributed by atoms with Crippen molar-refractivity contribution >= 4 is 22.7 Å². The summed E-state index contributed by atoms with van der Waals surface area (Å²) in [5.74, 6) is -0.178. The van der Waals surface area contributed by atoms with Crippen molar-refractivity contribution in [2.75, 3.05) is 5.32 Å². The summed E-state index contributed by atoms with van der Waals surface area (Å²) in [6.07, 6.45) is 1.89. The lowest BCUT2D eigenvalue weighted by Gasteiger charge is -2.23. The van der Waals surface area contributed by atoms with Crippen molar-refractivity contribution in [3.05, 3.63) is 76.8 Å². The summed E-state index contributed by atoms with van der Waals surface area (Å²) in [6.45, 7) is 4.41. The highest BCUT2D eigenvalue weighted by atomic mass is 19.1. The second kappa shape index (κ2) is 5.81. The van der Waals surface area contributed by atoms with Crippen LogP contribution in [0.4, 0.5) is 10.1 Å². The SMILES string of the molecule is CC1(C)O/C(=C2/C(=O)Nc3cc(F)ccc32)C=C1c1ccc(CN)cc1. The molecule has 0 bridgehead atoms. The van der Waals surface area contributed by atoms with Crippen LogP contribution in [0.3, 0.4) is 0 Å². The molecule has 0 atom stereocenters. The van der Waals surface area contributed by atoms with Crippen LogP contribution in [0, 0.1) is 5.82 Å². The molecule has 2 heterocycles. The summed E-state index contributed by atoms with van der Waals surface area (Å²) in [5.41, 5.74) is 9.67. The van der Waals surface area contributed by atoms with E-state index in [0.29, 0.717) is 29.1 Å². The first-order valence-electron chi connectivity index (χ1n) is 8.45. The van der Waals surface area contributed by atoms with Crippen molar-refractivity contribution in [1.29, 1.82) is 0 Å². The maximum Gasteiger partial charge on any atom is 0.260 e. The Morgan fingerprint density at radius 1 is 1.15 bits per heavy atom. The molecule has 2 aromatic rings. The minimum Gasteiger partial charge on any atom is -0.482 e. The van der Waals surface area contributed by atoms with E-state index in [2.05, 4.69) is 5.32 Å². The molecule has 2 aliphatic rings. The van der Waals surface area contributed by atoms with Crippen LogP contribution >= 0.6 is 0 Å². The molecule has 1 amide bonds. The fraction of sp³-hybridized carbons (Fsp3) is 0.190. The predicted octanol–water partition coefficient (Wildman–Crippen LogP) is 3.84. The molecule has 0 saturated heterocycles. The van der Waals surface area contributed by atoms with Crippen molar-refractivity contribution in [2.24, 2.45) is 5.73 Å². The highest BCUT2D eigenvalue weighted by Gasteiger charge is 2.37. The van der Waals surface area contributed by atoms with Crippen molar-refractivity contribution in [1.82, 2.24) is 0 Å². The minimum atomic E-state index is -0.588. The molecular weight excluding hydrogens is 331 g/mol. The van der Waals surface area contributed by atoms with Crippen LogP contribution in [-0.2, 0) is 16.1 Å². The number of nitrogens with two attached hydrogens (primary N) is 1. The Hall–Kier alpha value is -2.92. The summed E-state index contributed by atoms with van der Waals surface area (Å²) in [5, 5.41) is 2.70. The lowest BCUT2D eigenvalue weighted by atomic mass is 9.91. The monoisotopic (exact) mass is 350 g/mol. The van der Waals surface area contributed by atoms with Gasteiger partial charge in [-0.2, -0.15) is 0 Å². The molecule has 5 heteroatoms. The van der Waals surface area contributed by atoms with Crippen LogP contribution in [0.5, 0.6) is 0 Å². The third-order valence-corrected chi connectivity index (χ3v) is 4.76. The van der Waals surface area contributed by atoms with E-state index in [-0.39, 0.29) is 11.7 Å². The first-order chi connectivity index (χ1) is 12.4. The van der Waals surface area contributed by atoms with Crippen LogP contribution in [-0.4, -0.2) is 11.5 Å². The van der Waals surface area contributed by atoms with E-state index in [1.54, 1.807) is 6.07 Å². The van der Waals surface area contributed by atoms with Gasteiger partial charge >= 0.3 is 0 Å². The molecule has 4 nitrogen and oxygen atoms in total. The normalized spacial score (nSPS) is 20.5. The summed E-state index contributed by atoms with van der Waals surface area (Å²) in [4.78, 5) is 12.5. The van der Waals surface area contributed by atoms with Gasteiger partial charge in [0.2, 0.25) is 0 Å². The standard InChI is InChI=1S/C21H19FN2O2/c1-21(2)16(13-5-3-12(11-23)4-6-13)10-18(26-21)19-15-8-7-14(22)9-17(15)24-20(19)25/h3-10H,11,23H2,1-2H3,(H,24,25)/b19-18+. The maximum atomic E-state index is 13.4. The Kier molecular flexibility index (Phi) is 3.70. The third-order valence-electron chi connectivity index (χ3n) is 4.76. The van der Waals surface area contributed by atoms with Gasteiger partial charge < -0.3 is 15.8 Å². The lowest BCUT2D eigenvalue weighted by Crippen LogP contribution is -2.21. The van der Waals surface area contributed by atoms with E-state index in [0.717, 1.165) is 16.7 Å². The lowest BCUT2D eigenvalue weighted by molar-refractivity contribution is -0.111. The number of rotatable bonds is 2. The van der Waals surface area contributed by atoms with E-state index in [1.807, 2.05) is 44.2 Å². The van der Waals surface area contributed by atoms with E-state index in [9.17, 15) is 9.18 Å². The third kappa shape index (κ3) is 2.61. The molecule has 0 spiro atoms. The van der Waals surface area contributed by atoms with Gasteiger partial charge in [-0.25, -0.2) is 4.39 Å². The van der Waals surface area contributed by atoms with Crippen molar-refractivity contribution < 1.29 is 13.9 Å². The van der Waals surface area contributed by atoms with Crippen LogP contribution in [0.15, 0.2) is 54.3 Å². The van der Waals surface area contributed by atoms with Gasteiger partial charge in [-0.1, -0.05) is 24.3 Å². The Balaban J connectivity index is 1.82. The number of hydrogen-bond donors (Lipinski definition) is 2. The van der Waals surface area contributed by atoms with Gasteiger partial charge in [0, 0.05) is 17.7 Å². The van der Waals surface area contributed by atoms with Gasteiger partial charge in [0.05, 0.1) is 11.3 Å². The van der Waals surface area contributed by atoms with Crippen LogP contribution in [0.1, 0.15) is 30.5 Å². The molecule has 0 fully saturated rings. The smallest absolute Gasteiger partial charge is 0.260 e. The summed E-state index contributed by atoms with van der Waals surface area (Å²) in [7, 11) is 0. The molecule has 3 N–H and O–H groups in total. The van der Waals surface area contributed by atoms with E-state index in [4.69, 9.17) is 10.5 Å². The maximum absolute atomic E-state index is 13.4. The molecule has 2 aliphatic heterocycles. The van der Waals surface area contributed by atoms with Gasteiger partial charge in [-0.15, -0.1) is 0 Å². The molecule has 2 aromatic carbocycles. The highest BCUT2D eigenvalue weighted by molar-refractivity contribution is 6.32. The summed E-state index contributed by atoms with van der Waals surface area (Å²) in [6, 6.07) is 12.2. The molecule has 132 valence electrons. The van der Waals surface area contributed by atoms with E-state index in [1.165, 1.54) is 12.1 Å². The molecule has 0 unspecified atom stereocenters. The number of nitrogens with one attached hydrogen (secondary N) is 1. The van der Waals surface area contributed by atoms with E-state index < -0.39 is 5.60 Å². The van der Waals surface area contributed by atoms with Crippen molar-refractivity contribution in [2.45, 2.75) is 26.0 Å². The van der Waals surface area contributed by atoms with Gasteiger partial charge in [-0.05, 0) is 49.2 Å². The average Bonchev–Trinajstić information content (AvgIpc) is 3.09. The average molecular weight is 350 g/mol. The van der Waals surface area contributed by atoms with Crippen LogP contribution in [0.2, 0.25) is 0 Å². The second-order valence-electron chi connectivity index (χ2n) is 6.95. The molecule has 4 rings (SSSR count). The van der Waals surface area contributed by atoms with Gasteiger partial charge in [0.1, 0.15) is 17.2 Å². The minimum absolute atomic E-state index is 0.285. The van der Waals surface area contributed by atoms with Crippen molar-refractivity contribution in [3.63, 3.8) is 0 Å². The Labute approximate surface area is 151 Å². The number of ether oxygens (including phenoxy) is 1. The van der Waals surface area contributed by atoms with Gasteiger partial charge in [-0.3, -0.25) is 4.79 Å². The highest BCUT2D eigenvalue weighted by Crippen LogP contribution is 2.44. The number of amides is 1. The zero-order valence-corrected chi connectivity index (χ0v) is 14.6. The van der Waals surface area contributed by atoms with Crippen LogP contribution < -0.4 is 11.1 Å². The molecular formula is C21H19FN2O2. The second-order valence-corrected chi connectivity index (χ2v) is 6.95. The Morgan fingerprint density at radius 3 is 2.58 bits per heavy atom. The number of fused-ring (bicyclic) bond motifs is 1. The number of allylic oxidation sites excluding steroid dienone is 1. The molecule has 26 heavy (non-hydrogen) atoms. The molecule has 0 saturated carbocycles. The molecule has 0 aromatic heterocycles. The fourth-order valence-corrected chi connectivity index (χ4v) is 3.43. The topological polar surface area (TPSA) is 64.3 Å². The quantitative estimate of drug-likeness (QED) is 0.809. The van der Waals surface area contributed by atoms with E-state index >= 15 is 0 Å². The number of benzene rings is 2. The first-order valence-corrected chi connectivity index (χ1v) is 8.45. The largest absolute Gasteiger partial charge is 0.482 e. The zero-order valence-electron chi connectivity index (χ0n) is 14.6. The predicted molar refractivity (Wildman–Crippen MR) is 99.4 cm³/mol. The summed E-state index contributed by atoms with van der Waals surface area (Å²) < 4.78 is 19.6. The van der Waals surface area contributed by atoms with Crippen molar-refractivity contribution in [3.8, 4) is 0 Å². The summed E-state index contributed by atoms with van der Waals surface area (Å²) >= 11 is 0. The number of halogens is 1. The fourth-order valence-electron chi connectivity index (χ4n) is 3.43.